The first-order chi connectivity index (χ1) is 12.4. The number of carboxylic acid groups (broad SMARTS) is 1. The van der Waals surface area contributed by atoms with Gasteiger partial charge in [-0.15, -0.1) is 0 Å². The van der Waals surface area contributed by atoms with Crippen LogP contribution in [0.5, 0.6) is 11.5 Å². The average Bonchev–Trinajstić information content (AvgIpc) is 2.61. The van der Waals surface area contributed by atoms with E-state index in [-0.39, 0.29) is 11.7 Å². The van der Waals surface area contributed by atoms with E-state index in [4.69, 9.17) is 14.6 Å². The van der Waals surface area contributed by atoms with Crippen molar-refractivity contribution in [3.8, 4) is 11.5 Å². The lowest BCUT2D eigenvalue weighted by Gasteiger charge is -2.14. The van der Waals surface area contributed by atoms with Crippen molar-refractivity contribution in [1.82, 2.24) is 5.43 Å². The minimum absolute atomic E-state index is 0.0132. The topological polar surface area (TPSA) is 97.2 Å². The van der Waals surface area contributed by atoms with Gasteiger partial charge in [0.05, 0.1) is 25.0 Å². The zero-order valence-electron chi connectivity index (χ0n) is 14.7. The molecule has 1 amide bonds. The third-order valence-corrected chi connectivity index (χ3v) is 3.33. The van der Waals surface area contributed by atoms with Crippen LogP contribution in [0.15, 0.2) is 47.6 Å². The second-order valence-corrected chi connectivity index (χ2v) is 5.66. The predicted octanol–water partition coefficient (Wildman–Crippen LogP) is 2.94. The summed E-state index contributed by atoms with van der Waals surface area (Å²) in [4.78, 5) is 23.0. The average molecular weight is 356 g/mol. The van der Waals surface area contributed by atoms with Crippen LogP contribution < -0.4 is 14.9 Å². The van der Waals surface area contributed by atoms with E-state index >= 15 is 0 Å². The SMILES string of the molecule is COc1cc(C(=O)N/N=C\c2ccc(C(=O)O)cc2)ccc1OC(C)C. The molecule has 0 radical (unpaired) electrons. The van der Waals surface area contributed by atoms with Crippen molar-refractivity contribution in [2.24, 2.45) is 5.10 Å². The number of carboxylic acids is 1. The molecule has 0 atom stereocenters. The highest BCUT2D eigenvalue weighted by Gasteiger charge is 2.11. The summed E-state index contributed by atoms with van der Waals surface area (Å²) >= 11 is 0. The lowest BCUT2D eigenvalue weighted by Crippen LogP contribution is -2.18. The summed E-state index contributed by atoms with van der Waals surface area (Å²) in [5.41, 5.74) is 3.63. The Hall–Kier alpha value is -3.35. The quantitative estimate of drug-likeness (QED) is 0.587. The van der Waals surface area contributed by atoms with E-state index in [0.29, 0.717) is 22.6 Å². The molecular weight excluding hydrogens is 336 g/mol. The summed E-state index contributed by atoms with van der Waals surface area (Å²) in [6, 6.07) is 11.0. The zero-order valence-corrected chi connectivity index (χ0v) is 14.7. The maximum absolute atomic E-state index is 12.2. The molecule has 0 saturated heterocycles. The molecule has 7 nitrogen and oxygen atoms in total. The molecule has 0 spiro atoms. The minimum atomic E-state index is -0.999. The molecule has 0 fully saturated rings. The van der Waals surface area contributed by atoms with Gasteiger partial charge in [-0.1, -0.05) is 12.1 Å². The second-order valence-electron chi connectivity index (χ2n) is 5.66. The van der Waals surface area contributed by atoms with E-state index in [1.807, 2.05) is 13.8 Å². The summed E-state index contributed by atoms with van der Waals surface area (Å²) in [6.07, 6.45) is 1.41. The number of ether oxygens (including phenoxy) is 2. The molecule has 0 aliphatic heterocycles. The fourth-order valence-electron chi connectivity index (χ4n) is 2.10. The summed E-state index contributed by atoms with van der Waals surface area (Å²) in [5, 5.41) is 12.7. The molecule has 0 aromatic heterocycles. The van der Waals surface area contributed by atoms with E-state index in [1.54, 1.807) is 30.3 Å². The van der Waals surface area contributed by atoms with Crippen LogP contribution in [-0.2, 0) is 0 Å². The van der Waals surface area contributed by atoms with E-state index in [1.165, 1.54) is 25.5 Å². The van der Waals surface area contributed by atoms with Gasteiger partial charge in [-0.3, -0.25) is 4.79 Å². The first-order valence-corrected chi connectivity index (χ1v) is 7.92. The van der Waals surface area contributed by atoms with Crippen molar-refractivity contribution in [3.63, 3.8) is 0 Å². The molecule has 0 bridgehead atoms. The minimum Gasteiger partial charge on any atom is -0.493 e. The van der Waals surface area contributed by atoms with Crippen LogP contribution in [0.25, 0.3) is 0 Å². The summed E-state index contributed by atoms with van der Waals surface area (Å²) in [6.45, 7) is 3.80. The zero-order chi connectivity index (χ0) is 19.1. The van der Waals surface area contributed by atoms with Crippen molar-refractivity contribution in [2.75, 3.05) is 7.11 Å². The number of amides is 1. The fourth-order valence-corrected chi connectivity index (χ4v) is 2.10. The van der Waals surface area contributed by atoms with Gasteiger partial charge in [0.1, 0.15) is 0 Å². The summed E-state index contributed by atoms with van der Waals surface area (Å²) in [7, 11) is 1.50. The number of hydrogen-bond acceptors (Lipinski definition) is 5. The van der Waals surface area contributed by atoms with Gasteiger partial charge in [-0.2, -0.15) is 5.10 Å². The molecule has 2 rings (SSSR count). The highest BCUT2D eigenvalue weighted by atomic mass is 16.5. The first-order valence-electron chi connectivity index (χ1n) is 7.92. The number of benzene rings is 2. The van der Waals surface area contributed by atoms with Gasteiger partial charge in [0, 0.05) is 5.56 Å². The van der Waals surface area contributed by atoms with Gasteiger partial charge in [0.2, 0.25) is 0 Å². The molecule has 136 valence electrons. The molecule has 26 heavy (non-hydrogen) atoms. The smallest absolute Gasteiger partial charge is 0.335 e. The third kappa shape index (κ3) is 5.07. The maximum Gasteiger partial charge on any atom is 0.335 e. The van der Waals surface area contributed by atoms with Gasteiger partial charge in [0.15, 0.2) is 11.5 Å². The number of nitrogens with one attached hydrogen (secondary N) is 1. The lowest BCUT2D eigenvalue weighted by atomic mass is 10.1. The van der Waals surface area contributed by atoms with E-state index < -0.39 is 11.9 Å². The van der Waals surface area contributed by atoms with Crippen LogP contribution in [0.4, 0.5) is 0 Å². The Bertz CT molecular complexity index is 813. The molecule has 0 unspecified atom stereocenters. The summed E-state index contributed by atoms with van der Waals surface area (Å²) in [5.74, 6) is -0.390. The largest absolute Gasteiger partial charge is 0.493 e. The van der Waals surface area contributed by atoms with Gasteiger partial charge >= 0.3 is 5.97 Å². The van der Waals surface area contributed by atoms with Crippen molar-refractivity contribution in [1.29, 1.82) is 0 Å². The highest BCUT2D eigenvalue weighted by molar-refractivity contribution is 5.95. The van der Waals surface area contributed by atoms with Gasteiger partial charge in [-0.05, 0) is 49.7 Å². The maximum atomic E-state index is 12.2. The molecular formula is C19H20N2O5. The molecule has 0 aliphatic rings. The van der Waals surface area contributed by atoms with Crippen LogP contribution in [-0.4, -0.2) is 36.4 Å². The highest BCUT2D eigenvalue weighted by Crippen LogP contribution is 2.28. The number of rotatable bonds is 7. The van der Waals surface area contributed by atoms with E-state index in [2.05, 4.69) is 10.5 Å². The number of aromatic carboxylic acids is 1. The van der Waals surface area contributed by atoms with Crippen LogP contribution >= 0.6 is 0 Å². The number of hydrazone groups is 1. The fraction of sp³-hybridized carbons (Fsp3) is 0.211. The Balaban J connectivity index is 2.04. The van der Waals surface area contributed by atoms with Gasteiger partial charge < -0.3 is 14.6 Å². The van der Waals surface area contributed by atoms with Crippen LogP contribution in [0.1, 0.15) is 40.1 Å². The van der Waals surface area contributed by atoms with E-state index in [0.717, 1.165) is 0 Å². The Morgan fingerprint density at radius 3 is 2.31 bits per heavy atom. The number of carbonyl (C=O) groups excluding carboxylic acids is 1. The Labute approximate surface area is 151 Å². The molecule has 0 saturated carbocycles. The van der Waals surface area contributed by atoms with Crippen LogP contribution in [0.3, 0.4) is 0 Å². The Kier molecular flexibility index (Phi) is 6.32. The first kappa shape index (κ1) is 19.0. The Morgan fingerprint density at radius 1 is 1.08 bits per heavy atom. The monoisotopic (exact) mass is 356 g/mol. The molecule has 7 heteroatoms. The number of carbonyl (C=O) groups is 2. The van der Waals surface area contributed by atoms with Crippen molar-refractivity contribution >= 4 is 18.1 Å². The Morgan fingerprint density at radius 2 is 1.73 bits per heavy atom. The molecule has 0 heterocycles. The summed E-state index contributed by atoms with van der Waals surface area (Å²) < 4.78 is 10.9. The molecule has 2 N–H and O–H groups in total. The third-order valence-electron chi connectivity index (χ3n) is 3.33. The van der Waals surface area contributed by atoms with E-state index in [9.17, 15) is 9.59 Å². The van der Waals surface area contributed by atoms with Crippen molar-refractivity contribution in [2.45, 2.75) is 20.0 Å². The molecule has 2 aromatic rings. The van der Waals surface area contributed by atoms with Crippen molar-refractivity contribution in [3.05, 3.63) is 59.2 Å². The molecule has 2 aromatic carbocycles. The standard InChI is InChI=1S/C19H20N2O5/c1-12(2)26-16-9-8-15(10-17(16)25-3)18(22)21-20-11-13-4-6-14(7-5-13)19(23)24/h4-12H,1-3H3,(H,21,22)(H,23,24)/b20-11-. The van der Waals surface area contributed by atoms with Gasteiger partial charge in [0.25, 0.3) is 5.91 Å². The van der Waals surface area contributed by atoms with Crippen LogP contribution in [0.2, 0.25) is 0 Å². The second kappa shape index (κ2) is 8.66. The molecule has 0 aliphatic carbocycles. The van der Waals surface area contributed by atoms with Crippen molar-refractivity contribution < 1.29 is 24.2 Å². The predicted molar refractivity (Wildman–Crippen MR) is 97.2 cm³/mol. The van der Waals surface area contributed by atoms with Gasteiger partial charge in [-0.25, -0.2) is 10.2 Å². The number of nitrogens with zero attached hydrogens (tertiary/aromatic N) is 1. The normalized spacial score (nSPS) is 10.8. The lowest BCUT2D eigenvalue weighted by molar-refractivity contribution is 0.0696. The number of methoxy groups -OCH3 is 1. The van der Waals surface area contributed by atoms with Crippen LogP contribution in [0, 0.1) is 0 Å². The number of hydrogen-bond donors (Lipinski definition) is 2.